The molecule has 3 rings (SSSR count). The van der Waals surface area contributed by atoms with Crippen LogP contribution in [0.5, 0.6) is 0 Å². The summed E-state index contributed by atoms with van der Waals surface area (Å²) in [6.07, 6.45) is 14.8. The minimum atomic E-state index is 0.514. The van der Waals surface area contributed by atoms with Gasteiger partial charge >= 0.3 is 0 Å². The van der Waals surface area contributed by atoms with Crippen LogP contribution in [0.4, 0.5) is 0 Å². The van der Waals surface area contributed by atoms with Gasteiger partial charge in [0.1, 0.15) is 0 Å². The molecule has 0 radical (unpaired) electrons. The SMILES string of the molecule is CC(C)=CCC[C@@H]1C[C@@H]2CC[C@@H]3C[C@H](CCC=C(C)C)NC(=N1)N32. The van der Waals surface area contributed by atoms with E-state index in [1.807, 2.05) is 0 Å². The summed E-state index contributed by atoms with van der Waals surface area (Å²) in [7, 11) is 0. The maximum absolute atomic E-state index is 5.12. The van der Waals surface area contributed by atoms with Gasteiger partial charge in [-0.25, -0.2) is 4.99 Å². The Hall–Kier alpha value is -1.25. The summed E-state index contributed by atoms with van der Waals surface area (Å²) in [6, 6.07) is 2.60. The van der Waals surface area contributed by atoms with Crippen molar-refractivity contribution in [1.29, 1.82) is 0 Å². The van der Waals surface area contributed by atoms with E-state index in [-0.39, 0.29) is 0 Å². The quantitative estimate of drug-likeness (QED) is 0.709. The van der Waals surface area contributed by atoms with Crippen LogP contribution < -0.4 is 5.32 Å². The van der Waals surface area contributed by atoms with Gasteiger partial charge in [-0.05, 0) is 79.1 Å². The molecular weight excluding hydrogens is 294 g/mol. The van der Waals surface area contributed by atoms with Gasteiger partial charge in [0, 0.05) is 18.1 Å². The van der Waals surface area contributed by atoms with E-state index >= 15 is 0 Å². The standard InChI is InChI=1S/C21H35N3/c1-15(2)7-5-9-17-13-19-11-12-20-14-18(10-6-8-16(3)4)23-21(22-17)24(19)20/h7-8,17-20H,5-6,9-14H2,1-4H3,(H,22,23)/t17-,18+,19+,20-. The van der Waals surface area contributed by atoms with Crippen LogP contribution in [-0.2, 0) is 0 Å². The Morgan fingerprint density at radius 1 is 1.00 bits per heavy atom. The first-order chi connectivity index (χ1) is 11.5. The van der Waals surface area contributed by atoms with Gasteiger partial charge in [0.05, 0.1) is 6.04 Å². The minimum Gasteiger partial charge on any atom is -0.353 e. The topological polar surface area (TPSA) is 27.6 Å². The highest BCUT2D eigenvalue weighted by molar-refractivity contribution is 5.83. The molecule has 3 aliphatic rings. The van der Waals surface area contributed by atoms with E-state index in [1.165, 1.54) is 68.5 Å². The lowest BCUT2D eigenvalue weighted by Gasteiger charge is -2.45. The van der Waals surface area contributed by atoms with Gasteiger partial charge in [-0.3, -0.25) is 0 Å². The molecule has 3 nitrogen and oxygen atoms in total. The predicted molar refractivity (Wildman–Crippen MR) is 103 cm³/mol. The molecule has 0 saturated carbocycles. The number of guanidine groups is 1. The predicted octanol–water partition coefficient (Wildman–Crippen LogP) is 4.80. The Morgan fingerprint density at radius 2 is 1.62 bits per heavy atom. The molecule has 0 aromatic carbocycles. The third kappa shape index (κ3) is 4.23. The van der Waals surface area contributed by atoms with Gasteiger partial charge in [0.25, 0.3) is 0 Å². The number of hydrogen-bond acceptors (Lipinski definition) is 3. The molecule has 3 heteroatoms. The second-order valence-corrected chi connectivity index (χ2v) is 8.43. The molecule has 134 valence electrons. The van der Waals surface area contributed by atoms with E-state index in [4.69, 9.17) is 4.99 Å². The van der Waals surface area contributed by atoms with Crippen LogP contribution in [0, 0.1) is 0 Å². The fourth-order valence-electron chi connectivity index (χ4n) is 4.57. The summed E-state index contributed by atoms with van der Waals surface area (Å²) >= 11 is 0. The molecule has 24 heavy (non-hydrogen) atoms. The summed E-state index contributed by atoms with van der Waals surface area (Å²) in [6.45, 7) is 8.77. The van der Waals surface area contributed by atoms with Crippen LogP contribution in [-0.4, -0.2) is 35.0 Å². The lowest BCUT2D eigenvalue weighted by atomic mass is 9.97. The van der Waals surface area contributed by atoms with Gasteiger partial charge in [0.2, 0.25) is 0 Å². The number of nitrogens with zero attached hydrogens (tertiary/aromatic N) is 2. The monoisotopic (exact) mass is 329 g/mol. The van der Waals surface area contributed by atoms with E-state index in [1.54, 1.807) is 0 Å². The number of rotatable bonds is 6. The molecule has 0 unspecified atom stereocenters. The highest BCUT2D eigenvalue weighted by Crippen LogP contribution is 2.37. The number of aliphatic imine (C=N–C) groups is 1. The van der Waals surface area contributed by atoms with E-state index in [0.29, 0.717) is 12.1 Å². The van der Waals surface area contributed by atoms with Gasteiger partial charge in [-0.2, -0.15) is 0 Å². The Balaban J connectivity index is 1.63. The largest absolute Gasteiger partial charge is 0.353 e. The van der Waals surface area contributed by atoms with Crippen molar-refractivity contribution in [2.75, 3.05) is 0 Å². The smallest absolute Gasteiger partial charge is 0.194 e. The molecule has 0 amide bonds. The Morgan fingerprint density at radius 3 is 2.29 bits per heavy atom. The fraction of sp³-hybridized carbons (Fsp3) is 0.762. The van der Waals surface area contributed by atoms with Gasteiger partial charge in [-0.15, -0.1) is 0 Å². The zero-order valence-corrected chi connectivity index (χ0v) is 16.0. The first-order valence-corrected chi connectivity index (χ1v) is 9.92. The summed E-state index contributed by atoms with van der Waals surface area (Å²) in [4.78, 5) is 7.76. The van der Waals surface area contributed by atoms with Gasteiger partial charge < -0.3 is 10.2 Å². The molecule has 3 aliphatic heterocycles. The van der Waals surface area contributed by atoms with Crippen molar-refractivity contribution in [2.24, 2.45) is 4.99 Å². The Bertz CT molecular complexity index is 523. The van der Waals surface area contributed by atoms with Gasteiger partial charge in [-0.1, -0.05) is 23.3 Å². The van der Waals surface area contributed by atoms with Crippen molar-refractivity contribution >= 4 is 5.96 Å². The van der Waals surface area contributed by atoms with Crippen molar-refractivity contribution in [3.63, 3.8) is 0 Å². The van der Waals surface area contributed by atoms with Crippen LogP contribution >= 0.6 is 0 Å². The van der Waals surface area contributed by atoms with Crippen molar-refractivity contribution < 1.29 is 0 Å². The van der Waals surface area contributed by atoms with Crippen LogP contribution in [0.1, 0.15) is 79.1 Å². The summed E-state index contributed by atoms with van der Waals surface area (Å²) in [5.74, 6) is 1.23. The van der Waals surface area contributed by atoms with E-state index < -0.39 is 0 Å². The number of nitrogens with one attached hydrogen (secondary N) is 1. The molecule has 2 saturated heterocycles. The maximum atomic E-state index is 5.12. The third-order valence-electron chi connectivity index (χ3n) is 5.72. The van der Waals surface area contributed by atoms with Crippen LogP contribution in [0.25, 0.3) is 0 Å². The zero-order chi connectivity index (χ0) is 17.1. The second-order valence-electron chi connectivity index (χ2n) is 8.43. The molecular formula is C21H35N3. The summed E-state index contributed by atoms with van der Waals surface area (Å²) in [5.41, 5.74) is 2.86. The zero-order valence-electron chi connectivity index (χ0n) is 16.0. The summed E-state index contributed by atoms with van der Waals surface area (Å²) < 4.78 is 0. The average Bonchev–Trinajstić information content (AvgIpc) is 2.90. The molecule has 3 heterocycles. The highest BCUT2D eigenvalue weighted by atomic mass is 15.4. The van der Waals surface area contributed by atoms with E-state index in [9.17, 15) is 0 Å². The Kier molecular flexibility index (Phi) is 5.68. The molecule has 1 N–H and O–H groups in total. The maximum Gasteiger partial charge on any atom is 0.194 e. The fourth-order valence-corrected chi connectivity index (χ4v) is 4.57. The van der Waals surface area contributed by atoms with Crippen molar-refractivity contribution in [3.05, 3.63) is 23.3 Å². The molecule has 2 fully saturated rings. The van der Waals surface area contributed by atoms with E-state index in [0.717, 1.165) is 12.1 Å². The van der Waals surface area contributed by atoms with Crippen molar-refractivity contribution in [3.8, 4) is 0 Å². The average molecular weight is 330 g/mol. The van der Waals surface area contributed by atoms with Crippen molar-refractivity contribution in [1.82, 2.24) is 10.2 Å². The number of hydrogen-bond donors (Lipinski definition) is 1. The molecule has 0 aliphatic carbocycles. The normalized spacial score (nSPS) is 31.0. The lowest BCUT2D eigenvalue weighted by molar-refractivity contribution is 0.203. The minimum absolute atomic E-state index is 0.514. The van der Waals surface area contributed by atoms with Gasteiger partial charge in [0.15, 0.2) is 5.96 Å². The third-order valence-corrected chi connectivity index (χ3v) is 5.72. The molecule has 0 spiro atoms. The van der Waals surface area contributed by atoms with Crippen LogP contribution in [0.3, 0.4) is 0 Å². The van der Waals surface area contributed by atoms with Crippen LogP contribution in [0.15, 0.2) is 28.3 Å². The lowest BCUT2D eigenvalue weighted by Crippen LogP contribution is -2.59. The number of allylic oxidation sites excluding steroid dienone is 4. The van der Waals surface area contributed by atoms with Crippen molar-refractivity contribution in [2.45, 2.75) is 103 Å². The summed E-state index contributed by atoms with van der Waals surface area (Å²) in [5, 5.41) is 3.79. The van der Waals surface area contributed by atoms with E-state index in [2.05, 4.69) is 50.1 Å². The molecule has 0 aromatic rings. The molecule has 0 aromatic heterocycles. The molecule has 4 atom stereocenters. The molecule has 0 bridgehead atoms. The van der Waals surface area contributed by atoms with Crippen LogP contribution in [0.2, 0.25) is 0 Å². The second kappa shape index (κ2) is 7.76. The highest BCUT2D eigenvalue weighted by Gasteiger charge is 2.43. The first-order valence-electron chi connectivity index (χ1n) is 9.92. The Labute approximate surface area is 148 Å². The first kappa shape index (κ1) is 17.6.